The fraction of sp³-hybridized carbons (Fsp3) is 0.947. The molecular formula is C19H38O3Sn. The van der Waals surface area contributed by atoms with Crippen molar-refractivity contribution in [2.75, 3.05) is 13.7 Å². The summed E-state index contributed by atoms with van der Waals surface area (Å²) in [7, 11) is 1.53. The van der Waals surface area contributed by atoms with Crippen molar-refractivity contribution in [1.82, 2.24) is 0 Å². The predicted molar refractivity (Wildman–Crippen MR) is 99.4 cm³/mol. The quantitative estimate of drug-likeness (QED) is 0.326. The topological polar surface area (TPSA) is 35.5 Å². The van der Waals surface area contributed by atoms with Gasteiger partial charge in [0.2, 0.25) is 0 Å². The number of unbranched alkanes of at least 4 members (excludes halogenated alkanes) is 3. The molecule has 1 aliphatic rings. The van der Waals surface area contributed by atoms with Gasteiger partial charge in [-0.3, -0.25) is 0 Å². The first-order valence-corrected chi connectivity index (χ1v) is 17.4. The van der Waals surface area contributed by atoms with Gasteiger partial charge in [-0.2, -0.15) is 0 Å². The number of hydrogen-bond donors (Lipinski definition) is 0. The van der Waals surface area contributed by atoms with E-state index in [1.54, 1.807) is 0 Å². The Labute approximate surface area is 147 Å². The van der Waals surface area contributed by atoms with Gasteiger partial charge in [0.15, 0.2) is 0 Å². The molecule has 23 heavy (non-hydrogen) atoms. The van der Waals surface area contributed by atoms with Crippen molar-refractivity contribution in [3.8, 4) is 0 Å². The van der Waals surface area contributed by atoms with Gasteiger partial charge in [0.1, 0.15) is 0 Å². The Hall–Kier alpha value is 0.229. The Balaban J connectivity index is 3.13. The van der Waals surface area contributed by atoms with Gasteiger partial charge in [0.25, 0.3) is 0 Å². The fourth-order valence-corrected chi connectivity index (χ4v) is 23.7. The molecule has 0 unspecified atom stereocenters. The van der Waals surface area contributed by atoms with Gasteiger partial charge in [0.05, 0.1) is 0 Å². The van der Waals surface area contributed by atoms with E-state index >= 15 is 0 Å². The summed E-state index contributed by atoms with van der Waals surface area (Å²) in [5.74, 6) is -0.0365. The summed E-state index contributed by atoms with van der Waals surface area (Å²) in [6.07, 6.45) is 8.50. The van der Waals surface area contributed by atoms with E-state index in [1.165, 1.54) is 58.9 Å². The van der Waals surface area contributed by atoms with Gasteiger partial charge in [-0.1, -0.05) is 0 Å². The van der Waals surface area contributed by atoms with Crippen LogP contribution in [0.5, 0.6) is 0 Å². The molecule has 1 rings (SSSR count). The van der Waals surface area contributed by atoms with E-state index in [-0.39, 0.29) is 15.5 Å². The molecule has 0 N–H and O–H groups in total. The minimum atomic E-state index is -2.58. The van der Waals surface area contributed by atoms with E-state index in [2.05, 4.69) is 27.7 Å². The molecule has 0 bridgehead atoms. The summed E-state index contributed by atoms with van der Waals surface area (Å²) in [4.78, 5) is 12.5. The van der Waals surface area contributed by atoms with Crippen molar-refractivity contribution in [3.63, 3.8) is 0 Å². The second kappa shape index (κ2) is 10.3. The molecule has 0 radical (unpaired) electrons. The summed E-state index contributed by atoms with van der Waals surface area (Å²) in [6, 6.07) is 0. The van der Waals surface area contributed by atoms with E-state index < -0.39 is 18.4 Å². The summed E-state index contributed by atoms with van der Waals surface area (Å²) in [5, 5.41) is 0. The maximum atomic E-state index is 12.5. The van der Waals surface area contributed by atoms with Gasteiger partial charge in [-0.25, -0.2) is 0 Å². The van der Waals surface area contributed by atoms with Crippen LogP contribution < -0.4 is 0 Å². The zero-order valence-corrected chi connectivity index (χ0v) is 18.9. The van der Waals surface area contributed by atoms with E-state index in [0.717, 1.165) is 13.0 Å². The van der Waals surface area contributed by atoms with Crippen molar-refractivity contribution < 1.29 is 14.3 Å². The normalized spacial score (nSPS) is 24.8. The molecule has 0 aromatic heterocycles. The first-order chi connectivity index (χ1) is 11.0. The van der Waals surface area contributed by atoms with Crippen LogP contribution in [0.15, 0.2) is 0 Å². The van der Waals surface area contributed by atoms with Crippen molar-refractivity contribution in [2.45, 2.75) is 90.1 Å². The first kappa shape index (κ1) is 21.3. The van der Waals surface area contributed by atoms with Crippen LogP contribution in [0.2, 0.25) is 13.3 Å². The molecular weight excluding hydrogens is 395 g/mol. The number of hydrogen-bond acceptors (Lipinski definition) is 3. The Morgan fingerprint density at radius 3 is 1.96 bits per heavy atom. The molecule has 0 saturated carbocycles. The van der Waals surface area contributed by atoms with Gasteiger partial charge in [-0.15, -0.1) is 0 Å². The zero-order valence-electron chi connectivity index (χ0n) is 16.1. The molecule has 4 heteroatoms. The maximum absolute atomic E-state index is 12.5. The zero-order chi connectivity index (χ0) is 17.3. The Morgan fingerprint density at radius 2 is 1.57 bits per heavy atom. The Kier molecular flexibility index (Phi) is 9.50. The van der Waals surface area contributed by atoms with Gasteiger partial charge < -0.3 is 0 Å². The van der Waals surface area contributed by atoms with Crippen molar-refractivity contribution >= 4 is 24.3 Å². The molecule has 1 fully saturated rings. The number of rotatable bonds is 11. The number of carbonyl (C=O) groups is 1. The molecule has 1 heterocycles. The van der Waals surface area contributed by atoms with Crippen LogP contribution in [0, 0.1) is 5.41 Å². The molecule has 2 atom stereocenters. The van der Waals surface area contributed by atoms with E-state index in [9.17, 15) is 4.79 Å². The molecule has 3 nitrogen and oxygen atoms in total. The van der Waals surface area contributed by atoms with Crippen LogP contribution >= 0.6 is 0 Å². The van der Waals surface area contributed by atoms with Crippen LogP contribution in [-0.2, 0) is 14.3 Å². The van der Waals surface area contributed by atoms with Gasteiger partial charge in [0, 0.05) is 0 Å². The Bertz CT molecular complexity index is 337. The first-order valence-electron chi connectivity index (χ1n) is 9.70. The van der Waals surface area contributed by atoms with Crippen molar-refractivity contribution in [1.29, 1.82) is 0 Å². The standard InChI is InChI=1S/C7H11O3.3C4H9.Sn/c1-7(6(8)9-2)3-4-10-5-7;3*1-3-4-2;/h5H,3-4H2,1-2H3;3*1,3-4H2,2H3;/t7-;;;;/m1..../s1. The molecule has 0 aromatic rings. The van der Waals surface area contributed by atoms with E-state index in [0.29, 0.717) is 0 Å². The molecule has 1 aliphatic heterocycles. The van der Waals surface area contributed by atoms with E-state index in [4.69, 9.17) is 9.47 Å². The fourth-order valence-electron chi connectivity index (χ4n) is 4.35. The predicted octanol–water partition coefficient (Wildman–Crippen LogP) is 5.34. The summed E-state index contributed by atoms with van der Waals surface area (Å²) in [5.41, 5.74) is -0.389. The third-order valence-corrected chi connectivity index (χ3v) is 22.8. The summed E-state index contributed by atoms with van der Waals surface area (Å²) in [6.45, 7) is 9.70. The average molecular weight is 433 g/mol. The molecule has 0 aliphatic carbocycles. The second-order valence-corrected chi connectivity index (χ2v) is 21.1. The second-order valence-electron chi connectivity index (χ2n) is 7.58. The summed E-state index contributed by atoms with van der Waals surface area (Å²) < 4.78 is 15.9. The third kappa shape index (κ3) is 5.10. The Morgan fingerprint density at radius 1 is 1.09 bits per heavy atom. The van der Waals surface area contributed by atoms with E-state index in [1.807, 2.05) is 0 Å². The van der Waals surface area contributed by atoms with Crippen LogP contribution in [0.3, 0.4) is 0 Å². The van der Waals surface area contributed by atoms with Crippen LogP contribution in [0.4, 0.5) is 0 Å². The van der Waals surface area contributed by atoms with Crippen LogP contribution in [0.1, 0.15) is 72.6 Å². The van der Waals surface area contributed by atoms with Crippen LogP contribution in [0.25, 0.3) is 0 Å². The van der Waals surface area contributed by atoms with Gasteiger partial charge >= 0.3 is 148 Å². The molecule has 0 aromatic carbocycles. The number of esters is 1. The van der Waals surface area contributed by atoms with Gasteiger partial charge in [-0.05, 0) is 0 Å². The number of carbonyl (C=O) groups excluding carboxylic acids is 1. The monoisotopic (exact) mass is 434 g/mol. The molecule has 0 spiro atoms. The van der Waals surface area contributed by atoms with Crippen molar-refractivity contribution in [2.24, 2.45) is 5.41 Å². The number of methoxy groups -OCH3 is 1. The van der Waals surface area contributed by atoms with Crippen LogP contribution in [-0.4, -0.2) is 42.2 Å². The summed E-state index contributed by atoms with van der Waals surface area (Å²) >= 11 is -2.58. The van der Waals surface area contributed by atoms with Crippen molar-refractivity contribution in [3.05, 3.63) is 0 Å². The number of ether oxygens (including phenoxy) is 2. The SMILES string of the molecule is CCC[CH2][Sn]([CH2]CCC)([CH2]CCC)[C@H]1OCC[C@@]1(C)C(=O)OC. The molecule has 0 amide bonds. The minimum absolute atomic E-state index is 0.0365. The molecule has 136 valence electrons. The average Bonchev–Trinajstić information content (AvgIpc) is 2.97. The third-order valence-electron chi connectivity index (χ3n) is 5.78. The molecule has 1 saturated heterocycles.